The number of aromatic nitrogens is 2. The molecule has 2 aliphatic rings. The molecule has 6 rings (SSSR count). The van der Waals surface area contributed by atoms with Crippen LogP contribution in [0.4, 0.5) is 0 Å². The van der Waals surface area contributed by atoms with Gasteiger partial charge in [0.2, 0.25) is 0 Å². The molecule has 2 aromatic heterocycles. The van der Waals surface area contributed by atoms with E-state index in [9.17, 15) is 9.90 Å². The minimum atomic E-state index is -0.827. The first-order valence-electron chi connectivity index (χ1n) is 10.8. The number of carbonyl (C=O) groups is 1. The highest BCUT2D eigenvalue weighted by atomic mass is 32.1. The zero-order valence-corrected chi connectivity index (χ0v) is 18.1. The lowest BCUT2D eigenvalue weighted by molar-refractivity contribution is -0.136. The van der Waals surface area contributed by atoms with Crippen molar-refractivity contribution in [1.82, 2.24) is 9.97 Å². The lowest BCUT2D eigenvalue weighted by atomic mass is 9.86. The van der Waals surface area contributed by atoms with Gasteiger partial charge in [-0.2, -0.15) is 0 Å². The van der Waals surface area contributed by atoms with Gasteiger partial charge in [0.1, 0.15) is 5.75 Å². The Morgan fingerprint density at radius 2 is 2.16 bits per heavy atom. The molecule has 0 radical (unpaired) electrons. The molecule has 1 aliphatic heterocycles. The van der Waals surface area contributed by atoms with Crippen LogP contribution < -0.4 is 4.74 Å². The van der Waals surface area contributed by atoms with Gasteiger partial charge in [0.25, 0.3) is 0 Å². The van der Waals surface area contributed by atoms with E-state index in [1.54, 1.807) is 11.3 Å². The molecule has 1 aliphatic carbocycles. The van der Waals surface area contributed by atoms with Crippen molar-refractivity contribution in [2.24, 2.45) is 0 Å². The quantitative estimate of drug-likeness (QED) is 0.453. The summed E-state index contributed by atoms with van der Waals surface area (Å²) in [5.41, 5.74) is 6.84. The number of rotatable bonds is 4. The van der Waals surface area contributed by atoms with Gasteiger partial charge in [-0.25, -0.2) is 4.98 Å². The zero-order chi connectivity index (χ0) is 21.1. The fourth-order valence-corrected chi connectivity index (χ4v) is 6.15. The standard InChI is InChI=1S/C25H22N2O3S/c1-13-11-18-24(31-25(27-18)15-3-2-4-15)22(17(13)12-20(28)29)16-5-6-19-21-14(8-10-30-19)7-9-26-23(16)21/h5-7,9,11,15H,2-4,8,10,12H2,1H3,(H,28,29). The summed E-state index contributed by atoms with van der Waals surface area (Å²) < 4.78 is 6.98. The maximum atomic E-state index is 11.8. The number of ether oxygens (including phenoxy) is 1. The first-order chi connectivity index (χ1) is 15.1. The first kappa shape index (κ1) is 18.8. The number of fused-ring (bicyclic) bond motifs is 1. The van der Waals surface area contributed by atoms with Gasteiger partial charge in [-0.05, 0) is 60.7 Å². The SMILES string of the molecule is Cc1cc2nc(C3CCC3)sc2c(-c2ccc3c4c(ccnc24)CCO3)c1CC(=O)O. The minimum Gasteiger partial charge on any atom is -0.493 e. The average molecular weight is 431 g/mol. The molecule has 1 fully saturated rings. The van der Waals surface area contributed by atoms with Gasteiger partial charge in [0.15, 0.2) is 0 Å². The number of benzene rings is 2. The number of aryl methyl sites for hydroxylation is 1. The van der Waals surface area contributed by atoms with E-state index < -0.39 is 5.97 Å². The molecule has 1 N–H and O–H groups in total. The van der Waals surface area contributed by atoms with Crippen molar-refractivity contribution in [3.05, 3.63) is 52.2 Å². The Morgan fingerprint density at radius 3 is 2.94 bits per heavy atom. The van der Waals surface area contributed by atoms with Crippen molar-refractivity contribution < 1.29 is 14.6 Å². The Balaban J connectivity index is 1.69. The second-order valence-electron chi connectivity index (χ2n) is 8.55. The van der Waals surface area contributed by atoms with Crippen LogP contribution in [0.25, 0.3) is 32.2 Å². The Kier molecular flexibility index (Phi) is 4.25. The molecule has 0 atom stereocenters. The van der Waals surface area contributed by atoms with Gasteiger partial charge in [0, 0.05) is 35.0 Å². The number of nitrogens with zero attached hydrogens (tertiary/aromatic N) is 2. The fraction of sp³-hybridized carbons (Fsp3) is 0.320. The van der Waals surface area contributed by atoms with E-state index >= 15 is 0 Å². The lowest BCUT2D eigenvalue weighted by Gasteiger charge is -2.22. The fourth-order valence-electron chi connectivity index (χ4n) is 4.85. The van der Waals surface area contributed by atoms with Crippen molar-refractivity contribution in [2.75, 3.05) is 6.61 Å². The summed E-state index contributed by atoms with van der Waals surface area (Å²) >= 11 is 1.73. The molecule has 0 saturated heterocycles. The molecule has 4 aromatic rings. The number of pyridine rings is 1. The van der Waals surface area contributed by atoms with Crippen molar-refractivity contribution in [3.63, 3.8) is 0 Å². The number of aliphatic carboxylic acids is 1. The summed E-state index contributed by atoms with van der Waals surface area (Å²) in [5, 5.41) is 11.9. The normalized spacial score (nSPS) is 15.8. The second-order valence-corrected chi connectivity index (χ2v) is 9.58. The van der Waals surface area contributed by atoms with Crippen LogP contribution in [0.3, 0.4) is 0 Å². The van der Waals surface area contributed by atoms with Crippen LogP contribution >= 0.6 is 11.3 Å². The number of thiazole rings is 1. The summed E-state index contributed by atoms with van der Waals surface area (Å²) in [7, 11) is 0. The molecule has 0 spiro atoms. The van der Waals surface area contributed by atoms with Gasteiger partial charge in [-0.15, -0.1) is 11.3 Å². The van der Waals surface area contributed by atoms with E-state index in [0.29, 0.717) is 12.5 Å². The number of carboxylic acids is 1. The highest BCUT2D eigenvalue weighted by Gasteiger charge is 2.27. The van der Waals surface area contributed by atoms with E-state index in [0.717, 1.165) is 55.5 Å². The molecule has 0 amide bonds. The predicted octanol–water partition coefficient (Wildman–Crippen LogP) is 5.65. The largest absolute Gasteiger partial charge is 0.493 e. The highest BCUT2D eigenvalue weighted by molar-refractivity contribution is 7.19. The Bertz CT molecular complexity index is 1360. The number of hydrogen-bond acceptors (Lipinski definition) is 5. The topological polar surface area (TPSA) is 72.3 Å². The molecule has 5 nitrogen and oxygen atoms in total. The van der Waals surface area contributed by atoms with Crippen molar-refractivity contribution in [3.8, 4) is 16.9 Å². The Hall–Kier alpha value is -2.99. The van der Waals surface area contributed by atoms with Gasteiger partial charge in [-0.1, -0.05) is 6.42 Å². The first-order valence-corrected chi connectivity index (χ1v) is 11.6. The third-order valence-electron chi connectivity index (χ3n) is 6.65. The summed E-state index contributed by atoms with van der Waals surface area (Å²) in [6, 6.07) is 8.16. The van der Waals surface area contributed by atoms with Gasteiger partial charge >= 0.3 is 5.97 Å². The molecule has 1 saturated carbocycles. The van der Waals surface area contributed by atoms with E-state index in [1.807, 2.05) is 25.3 Å². The van der Waals surface area contributed by atoms with Crippen LogP contribution in [-0.2, 0) is 17.6 Å². The maximum Gasteiger partial charge on any atom is 0.307 e. The summed E-state index contributed by atoms with van der Waals surface area (Å²) in [5.74, 6) is 0.569. The van der Waals surface area contributed by atoms with Gasteiger partial charge < -0.3 is 9.84 Å². The minimum absolute atomic E-state index is 0.0206. The van der Waals surface area contributed by atoms with Crippen LogP contribution in [-0.4, -0.2) is 27.7 Å². The van der Waals surface area contributed by atoms with E-state index in [4.69, 9.17) is 14.7 Å². The van der Waals surface area contributed by atoms with Gasteiger partial charge in [0.05, 0.1) is 33.8 Å². The average Bonchev–Trinajstić information content (AvgIpc) is 3.10. The summed E-state index contributed by atoms with van der Waals surface area (Å²) in [6.07, 6.45) is 6.33. The molecule has 0 bridgehead atoms. The number of carboxylic acid groups (broad SMARTS) is 1. The van der Waals surface area contributed by atoms with Gasteiger partial charge in [-0.3, -0.25) is 9.78 Å². The van der Waals surface area contributed by atoms with Crippen LogP contribution in [0.2, 0.25) is 0 Å². The molecule has 2 aromatic carbocycles. The van der Waals surface area contributed by atoms with E-state index in [-0.39, 0.29) is 6.42 Å². The molecule has 156 valence electrons. The smallest absolute Gasteiger partial charge is 0.307 e. The molecule has 0 unspecified atom stereocenters. The third kappa shape index (κ3) is 2.92. The molecule has 3 heterocycles. The second kappa shape index (κ2) is 7.02. The summed E-state index contributed by atoms with van der Waals surface area (Å²) in [4.78, 5) is 21.5. The molecular formula is C25H22N2O3S. The zero-order valence-electron chi connectivity index (χ0n) is 17.3. The van der Waals surface area contributed by atoms with Crippen LogP contribution in [0.1, 0.15) is 46.9 Å². The highest BCUT2D eigenvalue weighted by Crippen LogP contribution is 2.46. The molecular weight excluding hydrogens is 408 g/mol. The monoisotopic (exact) mass is 430 g/mol. The van der Waals surface area contributed by atoms with E-state index in [1.165, 1.54) is 29.8 Å². The van der Waals surface area contributed by atoms with Crippen molar-refractivity contribution in [1.29, 1.82) is 0 Å². The Labute approximate surface area is 183 Å². The van der Waals surface area contributed by atoms with Crippen LogP contribution in [0.5, 0.6) is 5.75 Å². The third-order valence-corrected chi connectivity index (χ3v) is 7.90. The Morgan fingerprint density at radius 1 is 1.29 bits per heavy atom. The van der Waals surface area contributed by atoms with E-state index in [2.05, 4.69) is 12.1 Å². The van der Waals surface area contributed by atoms with Crippen molar-refractivity contribution >= 4 is 38.4 Å². The molecule has 31 heavy (non-hydrogen) atoms. The summed E-state index contributed by atoms with van der Waals surface area (Å²) in [6.45, 7) is 2.66. The maximum absolute atomic E-state index is 11.8. The van der Waals surface area contributed by atoms with Crippen LogP contribution in [0.15, 0.2) is 30.5 Å². The predicted molar refractivity (Wildman–Crippen MR) is 122 cm³/mol. The van der Waals surface area contributed by atoms with Crippen molar-refractivity contribution in [2.45, 2.75) is 44.9 Å². The number of hydrogen-bond donors (Lipinski definition) is 1. The molecule has 6 heteroatoms. The lowest BCUT2D eigenvalue weighted by Crippen LogP contribution is -2.09. The van der Waals surface area contributed by atoms with Crippen LogP contribution in [0, 0.1) is 6.92 Å².